The number of halogens is 5. The fourth-order valence-corrected chi connectivity index (χ4v) is 10.4. The molecule has 0 bridgehead atoms. The van der Waals surface area contributed by atoms with Gasteiger partial charge in [-0.2, -0.15) is 6.07 Å². The van der Waals surface area contributed by atoms with Gasteiger partial charge in [-0.1, -0.05) is 161 Å². The molecule has 0 saturated carbocycles. The van der Waals surface area contributed by atoms with Crippen LogP contribution in [0.25, 0.3) is 61.0 Å². The average molecular weight is 1250 g/mol. The summed E-state index contributed by atoms with van der Waals surface area (Å²) in [7, 11) is 0. The van der Waals surface area contributed by atoms with E-state index in [4.69, 9.17) is 9.72 Å². The van der Waals surface area contributed by atoms with Crippen molar-refractivity contribution in [1.82, 2.24) is 9.55 Å². The number of hydrogen-bond donors (Lipinski definition) is 0. The number of benzene rings is 8. The zero-order valence-electron chi connectivity index (χ0n) is 47.4. The largest absolute Gasteiger partial charge is 0.509 e. The molecular weight excluding hydrogens is 1190 g/mol. The van der Waals surface area contributed by atoms with Crippen molar-refractivity contribution in [2.75, 3.05) is 9.80 Å². The molecule has 0 N–H and O–H groups in total. The number of hydrogen-bond acceptors (Lipinski definition) is 4. The topological polar surface area (TPSA) is 33.5 Å². The third-order valence-electron chi connectivity index (χ3n) is 14.8. The maximum atomic E-state index is 16.8. The van der Waals surface area contributed by atoms with E-state index in [1.165, 1.54) is 6.07 Å². The first-order valence-corrected chi connectivity index (χ1v) is 26.4. The predicted molar refractivity (Wildman–Crippen MR) is 311 cm³/mol. The molecule has 0 fully saturated rings. The van der Waals surface area contributed by atoms with Crippen molar-refractivity contribution >= 4 is 44.6 Å². The number of aromatic nitrogens is 2. The minimum atomic E-state index is -2.25. The van der Waals surface area contributed by atoms with Crippen LogP contribution >= 0.6 is 0 Å². The number of pyridine rings is 1. The van der Waals surface area contributed by atoms with E-state index in [2.05, 4.69) is 103 Å². The zero-order valence-corrected chi connectivity index (χ0v) is 48.7. The normalized spacial score (nSPS) is 13.2. The van der Waals surface area contributed by atoms with Gasteiger partial charge in [-0.05, 0) is 103 Å². The Kier molecular flexibility index (Phi) is 14.2. The summed E-state index contributed by atoms with van der Waals surface area (Å²) < 4.78 is 98.3. The van der Waals surface area contributed by atoms with Gasteiger partial charge in [-0.3, -0.25) is 0 Å². The monoisotopic (exact) mass is 1250 g/mol. The van der Waals surface area contributed by atoms with E-state index in [1.54, 1.807) is 31.5 Å². The standard InChI is InChI=1S/C69H60F5N4O.Pt/c1-40(2)42-31-48(37-50(32-42)79-49-25-26-52-51-21-15-16-22-55(51)78(58(52)38-49)59-36-45(27-28-75-59)67(3,4)5)76-39-77(57-24-18-17-23-56(57)76)66-53(44-29-46(68(6,7)8)35-47(30-44)69(9,10)11)33-43(41-19-13-12-14-20-41)34-54(66)60-61(70)63(72)65(74)64(73)62(60)71;/h12-36,39-40H,1-11H3;/q-3;/i40D;. The van der Waals surface area contributed by atoms with E-state index in [-0.39, 0.29) is 54.3 Å². The van der Waals surface area contributed by atoms with Crippen LogP contribution in [0, 0.1) is 47.9 Å². The van der Waals surface area contributed by atoms with Gasteiger partial charge in [-0.25, -0.2) is 26.9 Å². The average Bonchev–Trinajstić information content (AvgIpc) is 4.21. The molecule has 5 nitrogen and oxygen atoms in total. The summed E-state index contributed by atoms with van der Waals surface area (Å²) in [4.78, 5) is 8.41. The Hall–Kier alpha value is -7.55. The Balaban J connectivity index is 0.00000736. The van der Waals surface area contributed by atoms with Gasteiger partial charge in [0.1, 0.15) is 5.82 Å². The van der Waals surface area contributed by atoms with Gasteiger partial charge in [-0.15, -0.1) is 53.6 Å². The van der Waals surface area contributed by atoms with E-state index in [0.717, 1.165) is 44.3 Å². The summed E-state index contributed by atoms with van der Waals surface area (Å²) in [6.07, 6.45) is 1.82. The number of anilines is 4. The van der Waals surface area contributed by atoms with Gasteiger partial charge in [0.05, 0.1) is 5.56 Å². The van der Waals surface area contributed by atoms with Crippen molar-refractivity contribution in [3.8, 4) is 50.7 Å². The van der Waals surface area contributed by atoms with Crippen LogP contribution < -0.4 is 14.5 Å². The molecular formula is C69H60F5N4OPt-3. The molecule has 0 spiro atoms. The van der Waals surface area contributed by atoms with E-state index in [9.17, 15) is 1.37 Å². The molecule has 410 valence electrons. The van der Waals surface area contributed by atoms with Crippen molar-refractivity contribution in [3.63, 3.8) is 0 Å². The molecule has 0 radical (unpaired) electrons. The summed E-state index contributed by atoms with van der Waals surface area (Å²) in [6, 6.07) is 52.9. The Morgan fingerprint density at radius 3 is 1.76 bits per heavy atom. The third-order valence-corrected chi connectivity index (χ3v) is 14.8. The Bertz CT molecular complexity index is 4030. The van der Waals surface area contributed by atoms with Crippen LogP contribution in [0.1, 0.15) is 106 Å². The molecule has 10 aromatic rings. The first kappa shape index (κ1) is 54.4. The summed E-state index contributed by atoms with van der Waals surface area (Å²) in [5.41, 5.74) is 7.14. The van der Waals surface area contributed by atoms with Crippen LogP contribution in [0.15, 0.2) is 152 Å². The van der Waals surface area contributed by atoms with Gasteiger partial charge >= 0.3 is 0 Å². The van der Waals surface area contributed by atoms with Crippen LogP contribution in [0.5, 0.6) is 11.5 Å². The first-order valence-electron chi connectivity index (χ1n) is 26.9. The van der Waals surface area contributed by atoms with Crippen LogP contribution in [-0.4, -0.2) is 9.55 Å². The van der Waals surface area contributed by atoms with Gasteiger partial charge in [0.15, 0.2) is 23.3 Å². The summed E-state index contributed by atoms with van der Waals surface area (Å²) >= 11 is 0. The SMILES string of the molecule is [2H]C(C)(C)c1cc(Oc2[c-]c3c(cc2)c2ccccc2n3-c2cc(C(C)(C)C)ccn2)[c-]c(N2[CH-]N(c3c(-c4cc(C(C)(C)C)cc(C(C)(C)C)c4)cc(-c4ccccc4)cc3-c3c(F)c(F)c(F)c(F)c3F)c3ccccc32)c1.[Pt]. The quantitative estimate of drug-likeness (QED) is 0.0624. The van der Waals surface area contributed by atoms with Gasteiger partial charge < -0.3 is 19.1 Å². The second-order valence-corrected chi connectivity index (χ2v) is 23.7. The van der Waals surface area contributed by atoms with Crippen molar-refractivity contribution in [1.29, 1.82) is 0 Å². The fourth-order valence-electron chi connectivity index (χ4n) is 10.4. The van der Waals surface area contributed by atoms with E-state index in [1.807, 2.05) is 120 Å². The molecule has 2 aromatic heterocycles. The van der Waals surface area contributed by atoms with E-state index >= 15 is 22.0 Å². The predicted octanol–water partition coefficient (Wildman–Crippen LogP) is 19.7. The van der Waals surface area contributed by atoms with Gasteiger partial charge in [0.2, 0.25) is 5.82 Å². The van der Waals surface area contributed by atoms with Gasteiger partial charge in [0, 0.05) is 73.8 Å². The molecule has 8 aromatic carbocycles. The van der Waals surface area contributed by atoms with Crippen LogP contribution in [0.3, 0.4) is 0 Å². The van der Waals surface area contributed by atoms with Crippen LogP contribution in [0.4, 0.5) is 44.7 Å². The van der Waals surface area contributed by atoms with Crippen molar-refractivity contribution < 1.29 is 49.1 Å². The van der Waals surface area contributed by atoms with Gasteiger partial charge in [0.25, 0.3) is 0 Å². The number of para-hydroxylation sites is 3. The summed E-state index contributed by atoms with van der Waals surface area (Å²) in [5, 5.41) is 1.97. The zero-order chi connectivity index (χ0) is 57.0. The van der Waals surface area contributed by atoms with Crippen LogP contribution in [0.2, 0.25) is 0 Å². The van der Waals surface area contributed by atoms with Crippen molar-refractivity contribution in [2.24, 2.45) is 0 Å². The number of ether oxygens (including phenoxy) is 1. The third kappa shape index (κ3) is 10.1. The second kappa shape index (κ2) is 20.8. The molecule has 1 aliphatic rings. The van der Waals surface area contributed by atoms with Crippen molar-refractivity contribution in [2.45, 2.75) is 98.3 Å². The second-order valence-electron chi connectivity index (χ2n) is 23.7. The molecule has 80 heavy (non-hydrogen) atoms. The van der Waals surface area contributed by atoms with Crippen LogP contribution in [-0.2, 0) is 37.3 Å². The molecule has 0 amide bonds. The molecule has 0 atom stereocenters. The molecule has 11 rings (SSSR count). The fraction of sp³-hybridized carbons (Fsp3) is 0.217. The number of rotatable bonds is 9. The molecule has 11 heteroatoms. The molecule has 1 aliphatic heterocycles. The van der Waals surface area contributed by atoms with E-state index < -0.39 is 40.5 Å². The Morgan fingerprint density at radius 1 is 0.537 bits per heavy atom. The molecule has 0 unspecified atom stereocenters. The smallest absolute Gasteiger partial charge is 0.200 e. The Morgan fingerprint density at radius 2 is 1.12 bits per heavy atom. The minimum absolute atomic E-state index is 0. The summed E-state index contributed by atoms with van der Waals surface area (Å²) in [6.45, 7) is 24.4. The maximum absolute atomic E-state index is 16.8. The maximum Gasteiger partial charge on any atom is 0.200 e. The Labute approximate surface area is 481 Å². The molecule has 0 aliphatic carbocycles. The first-order chi connectivity index (χ1) is 37.8. The molecule has 3 heterocycles. The van der Waals surface area contributed by atoms with E-state index in [0.29, 0.717) is 50.6 Å². The summed E-state index contributed by atoms with van der Waals surface area (Å²) in [5.74, 6) is -10.1. The number of fused-ring (bicyclic) bond motifs is 4. The van der Waals surface area contributed by atoms with Crippen molar-refractivity contribution in [3.05, 3.63) is 222 Å². The molecule has 0 saturated heterocycles. The number of nitrogens with zero attached hydrogens (tertiary/aromatic N) is 4. The minimum Gasteiger partial charge on any atom is -0.509 e.